The minimum atomic E-state index is 0.101. The van der Waals surface area contributed by atoms with Crippen LogP contribution in [-0.4, -0.2) is 39.9 Å². The first-order valence-corrected chi connectivity index (χ1v) is 6.94. The van der Waals surface area contributed by atoms with E-state index in [0.29, 0.717) is 6.04 Å². The topological polar surface area (TPSA) is 58.1 Å². The molecule has 0 unspecified atom stereocenters. The van der Waals surface area contributed by atoms with Gasteiger partial charge in [0.15, 0.2) is 0 Å². The van der Waals surface area contributed by atoms with E-state index >= 15 is 0 Å². The highest BCUT2D eigenvalue weighted by Crippen LogP contribution is 2.13. The first-order valence-electron chi connectivity index (χ1n) is 6.94. The fourth-order valence-corrected chi connectivity index (χ4v) is 2.34. The van der Waals surface area contributed by atoms with Crippen molar-refractivity contribution >= 4 is 5.91 Å². The van der Waals surface area contributed by atoms with Crippen molar-refractivity contribution in [1.29, 1.82) is 0 Å². The molecule has 19 heavy (non-hydrogen) atoms. The van der Waals surface area contributed by atoms with Crippen molar-refractivity contribution in [3.8, 4) is 0 Å². The highest BCUT2D eigenvalue weighted by molar-refractivity contribution is 5.78. The zero-order valence-corrected chi connectivity index (χ0v) is 11.7. The maximum atomic E-state index is 11.9. The Kier molecular flexibility index (Phi) is 4.85. The van der Waals surface area contributed by atoms with Crippen molar-refractivity contribution in [3.63, 3.8) is 0 Å². The van der Waals surface area contributed by atoms with Crippen molar-refractivity contribution in [2.24, 2.45) is 5.92 Å². The van der Waals surface area contributed by atoms with Crippen LogP contribution in [0.25, 0.3) is 0 Å². The van der Waals surface area contributed by atoms with E-state index in [1.54, 1.807) is 18.6 Å². The minimum Gasteiger partial charge on any atom is -0.342 e. The first-order chi connectivity index (χ1) is 9.16. The van der Waals surface area contributed by atoms with Crippen LogP contribution in [0, 0.1) is 5.92 Å². The molecule has 1 aromatic heterocycles. The third-order valence-corrected chi connectivity index (χ3v) is 3.49. The lowest BCUT2D eigenvalue weighted by Gasteiger charge is -2.33. The van der Waals surface area contributed by atoms with E-state index < -0.39 is 0 Å². The van der Waals surface area contributed by atoms with Gasteiger partial charge in [-0.2, -0.15) is 0 Å². The molecule has 0 aliphatic carbocycles. The van der Waals surface area contributed by atoms with Crippen LogP contribution >= 0.6 is 0 Å². The predicted octanol–water partition coefficient (Wildman–Crippen LogP) is 1.21. The summed E-state index contributed by atoms with van der Waals surface area (Å²) >= 11 is 0. The van der Waals surface area contributed by atoms with Crippen LogP contribution in [-0.2, 0) is 11.3 Å². The van der Waals surface area contributed by atoms with Gasteiger partial charge in [-0.25, -0.2) is 0 Å². The van der Waals surface area contributed by atoms with Crippen LogP contribution in [0.15, 0.2) is 18.6 Å². The number of aromatic nitrogens is 2. The Morgan fingerprint density at radius 3 is 2.74 bits per heavy atom. The van der Waals surface area contributed by atoms with Crippen molar-refractivity contribution < 1.29 is 4.79 Å². The van der Waals surface area contributed by atoms with Crippen LogP contribution in [0.5, 0.6) is 0 Å². The zero-order chi connectivity index (χ0) is 13.7. The number of rotatable bonds is 4. The third-order valence-electron chi connectivity index (χ3n) is 3.49. The van der Waals surface area contributed by atoms with Gasteiger partial charge >= 0.3 is 0 Å². The van der Waals surface area contributed by atoms with Gasteiger partial charge in [-0.1, -0.05) is 13.8 Å². The Labute approximate surface area is 114 Å². The Morgan fingerprint density at radius 1 is 1.42 bits per heavy atom. The molecule has 0 radical (unpaired) electrons. The number of hydrogen-bond donors (Lipinski definition) is 1. The van der Waals surface area contributed by atoms with E-state index in [9.17, 15) is 4.79 Å². The normalized spacial score (nSPS) is 16.9. The van der Waals surface area contributed by atoms with Crippen LogP contribution in [0.3, 0.4) is 0 Å². The molecule has 5 nitrogen and oxygen atoms in total. The van der Waals surface area contributed by atoms with E-state index in [2.05, 4.69) is 15.3 Å². The van der Waals surface area contributed by atoms with Gasteiger partial charge < -0.3 is 10.2 Å². The third kappa shape index (κ3) is 3.99. The van der Waals surface area contributed by atoms with E-state index in [0.717, 1.165) is 38.2 Å². The van der Waals surface area contributed by atoms with E-state index in [-0.39, 0.29) is 11.8 Å². The van der Waals surface area contributed by atoms with Gasteiger partial charge in [-0.3, -0.25) is 14.8 Å². The lowest BCUT2D eigenvalue weighted by Crippen LogP contribution is -2.46. The molecule has 2 rings (SSSR count). The zero-order valence-electron chi connectivity index (χ0n) is 11.7. The van der Waals surface area contributed by atoms with Crippen molar-refractivity contribution in [1.82, 2.24) is 20.2 Å². The second kappa shape index (κ2) is 6.61. The number of likely N-dealkylation sites (tertiary alicyclic amines) is 1. The van der Waals surface area contributed by atoms with Gasteiger partial charge in [0.25, 0.3) is 0 Å². The van der Waals surface area contributed by atoms with Gasteiger partial charge in [0.2, 0.25) is 5.91 Å². The quantitative estimate of drug-likeness (QED) is 0.886. The van der Waals surface area contributed by atoms with E-state index in [4.69, 9.17) is 0 Å². The molecule has 0 atom stereocenters. The average Bonchev–Trinajstić information content (AvgIpc) is 2.46. The molecule has 0 bridgehead atoms. The Morgan fingerprint density at radius 2 is 2.16 bits per heavy atom. The van der Waals surface area contributed by atoms with Gasteiger partial charge in [-0.15, -0.1) is 0 Å². The molecule has 1 aromatic rings. The van der Waals surface area contributed by atoms with Crippen LogP contribution < -0.4 is 5.32 Å². The van der Waals surface area contributed by atoms with Crippen molar-refractivity contribution in [2.45, 2.75) is 39.3 Å². The fraction of sp³-hybridized carbons (Fsp3) is 0.643. The standard InChI is InChI=1S/C14H22N4O/c1-11(2)14(19)18-7-3-12(4-8-18)17-10-13-9-15-5-6-16-13/h5-6,9,11-12,17H,3-4,7-8,10H2,1-2H3. The highest BCUT2D eigenvalue weighted by atomic mass is 16.2. The molecule has 1 N–H and O–H groups in total. The minimum absolute atomic E-state index is 0.101. The number of carbonyl (C=O) groups excluding carboxylic acids is 1. The molecule has 0 aromatic carbocycles. The summed E-state index contributed by atoms with van der Waals surface area (Å²) in [4.78, 5) is 22.1. The van der Waals surface area contributed by atoms with Crippen LogP contribution in [0.4, 0.5) is 0 Å². The maximum absolute atomic E-state index is 11.9. The molecule has 1 amide bonds. The molecule has 2 heterocycles. The van der Waals surface area contributed by atoms with Crippen molar-refractivity contribution in [3.05, 3.63) is 24.3 Å². The Hall–Kier alpha value is -1.49. The van der Waals surface area contributed by atoms with E-state index in [1.807, 2.05) is 18.7 Å². The maximum Gasteiger partial charge on any atom is 0.225 e. The number of amides is 1. The number of piperidine rings is 1. The second-order valence-electron chi connectivity index (χ2n) is 5.33. The van der Waals surface area contributed by atoms with E-state index in [1.165, 1.54) is 0 Å². The Balaban J connectivity index is 1.73. The smallest absolute Gasteiger partial charge is 0.225 e. The Bertz CT molecular complexity index is 399. The lowest BCUT2D eigenvalue weighted by molar-refractivity contribution is -0.135. The number of nitrogens with one attached hydrogen (secondary N) is 1. The largest absolute Gasteiger partial charge is 0.342 e. The molecule has 104 valence electrons. The monoisotopic (exact) mass is 262 g/mol. The SMILES string of the molecule is CC(C)C(=O)N1CCC(NCc2cnccn2)CC1. The molecule has 0 saturated carbocycles. The lowest BCUT2D eigenvalue weighted by atomic mass is 10.0. The van der Waals surface area contributed by atoms with Gasteiger partial charge in [0, 0.05) is 50.2 Å². The van der Waals surface area contributed by atoms with Gasteiger partial charge in [0.05, 0.1) is 5.69 Å². The number of hydrogen-bond acceptors (Lipinski definition) is 4. The highest BCUT2D eigenvalue weighted by Gasteiger charge is 2.23. The second-order valence-corrected chi connectivity index (χ2v) is 5.33. The summed E-state index contributed by atoms with van der Waals surface area (Å²) in [5, 5.41) is 3.49. The van der Waals surface area contributed by atoms with Gasteiger partial charge in [0.1, 0.15) is 0 Å². The fourth-order valence-electron chi connectivity index (χ4n) is 2.34. The summed E-state index contributed by atoms with van der Waals surface area (Å²) in [6.45, 7) is 6.38. The predicted molar refractivity (Wildman–Crippen MR) is 73.3 cm³/mol. The first kappa shape index (κ1) is 13.9. The summed E-state index contributed by atoms with van der Waals surface area (Å²) in [6, 6.07) is 0.471. The van der Waals surface area contributed by atoms with Crippen molar-refractivity contribution in [2.75, 3.05) is 13.1 Å². The molecular formula is C14H22N4O. The summed E-state index contributed by atoms with van der Waals surface area (Å²) in [5.74, 6) is 0.372. The molecule has 1 fully saturated rings. The van der Waals surface area contributed by atoms with Gasteiger partial charge in [-0.05, 0) is 12.8 Å². The molecule has 1 saturated heterocycles. The van der Waals surface area contributed by atoms with Crippen LogP contribution in [0.2, 0.25) is 0 Å². The van der Waals surface area contributed by atoms with Crippen LogP contribution in [0.1, 0.15) is 32.4 Å². The molecule has 1 aliphatic rings. The number of nitrogens with zero attached hydrogens (tertiary/aromatic N) is 3. The molecular weight excluding hydrogens is 240 g/mol. The summed E-state index contributed by atoms with van der Waals surface area (Å²) < 4.78 is 0. The summed E-state index contributed by atoms with van der Waals surface area (Å²) in [5.41, 5.74) is 0.961. The average molecular weight is 262 g/mol. The molecule has 0 spiro atoms. The number of carbonyl (C=O) groups is 1. The summed E-state index contributed by atoms with van der Waals surface area (Å²) in [7, 11) is 0. The summed E-state index contributed by atoms with van der Waals surface area (Å²) in [6.07, 6.45) is 7.20. The molecule has 5 heteroatoms. The molecule has 1 aliphatic heterocycles.